The van der Waals surface area contributed by atoms with Gasteiger partial charge < -0.3 is 24.8 Å². The van der Waals surface area contributed by atoms with Crippen LogP contribution in [0.3, 0.4) is 0 Å². The highest BCUT2D eigenvalue weighted by Crippen LogP contribution is 2.40. The first-order valence-corrected chi connectivity index (χ1v) is 17.7. The second-order valence-electron chi connectivity index (χ2n) is 14.1. The van der Waals surface area contributed by atoms with Crippen molar-refractivity contribution in [2.45, 2.75) is 69.2 Å². The number of rotatable bonds is 8. The van der Waals surface area contributed by atoms with Crippen LogP contribution in [0, 0.1) is 24.0 Å². The van der Waals surface area contributed by atoms with Gasteiger partial charge in [0.25, 0.3) is 0 Å². The lowest BCUT2D eigenvalue weighted by atomic mass is 9.96. The lowest BCUT2D eigenvalue weighted by molar-refractivity contribution is -0.117. The standard InChI is InChI=1S/C39H41F3N6O4/c1-4-28-31(41)10-9-23-16-27(49)17-29(33(23)28)35-34(42)36-30(19-43-35)37(47-13-7-6-8-25(21-47)44-32(50)5-2)46-38(45-36)52-22-39(3)18-24(40)20-48(39)26-11-14-51-15-12-26/h1,5,9-10,16-17,19,24-26,49H,2,6-8,11-15,18,20-22H2,3H3,(H,44,50)/t24-,25?,39+/m1/s1. The summed E-state index contributed by atoms with van der Waals surface area (Å²) in [5, 5.41) is 14.5. The van der Waals surface area contributed by atoms with Gasteiger partial charge in [0.2, 0.25) is 5.91 Å². The minimum absolute atomic E-state index is 0.0509. The van der Waals surface area contributed by atoms with Crippen LogP contribution in [-0.4, -0.2) is 94.1 Å². The Balaban J connectivity index is 1.34. The molecule has 7 rings (SSSR count). The topological polar surface area (TPSA) is 113 Å². The fourth-order valence-electron chi connectivity index (χ4n) is 8.02. The summed E-state index contributed by atoms with van der Waals surface area (Å²) in [6.45, 7) is 8.00. The molecule has 2 aromatic carbocycles. The van der Waals surface area contributed by atoms with E-state index in [0.717, 1.165) is 32.1 Å². The number of carbonyl (C=O) groups is 1. The predicted octanol–water partition coefficient (Wildman–Crippen LogP) is 5.83. The van der Waals surface area contributed by atoms with Crippen molar-refractivity contribution >= 4 is 33.4 Å². The van der Waals surface area contributed by atoms with Gasteiger partial charge in [0, 0.05) is 68.5 Å². The molecule has 1 amide bonds. The summed E-state index contributed by atoms with van der Waals surface area (Å²) in [7, 11) is 0. The number of nitrogens with one attached hydrogen (secondary N) is 1. The number of aromatic nitrogens is 3. The van der Waals surface area contributed by atoms with E-state index in [1.54, 1.807) is 0 Å². The van der Waals surface area contributed by atoms with E-state index in [0.29, 0.717) is 37.5 Å². The number of hydrogen-bond donors (Lipinski definition) is 2. The summed E-state index contributed by atoms with van der Waals surface area (Å²) < 4.78 is 58.9. The first kappa shape index (κ1) is 35.5. The maximum Gasteiger partial charge on any atom is 0.319 e. The normalized spacial score (nSPS) is 23.0. The summed E-state index contributed by atoms with van der Waals surface area (Å²) in [6.07, 6.45) is 11.5. The van der Waals surface area contributed by atoms with Crippen molar-refractivity contribution in [2.75, 3.05) is 44.4 Å². The number of ether oxygens (including phenoxy) is 2. The zero-order valence-corrected chi connectivity index (χ0v) is 29.0. The quantitative estimate of drug-likeness (QED) is 0.172. The monoisotopic (exact) mass is 714 g/mol. The molecule has 5 heterocycles. The summed E-state index contributed by atoms with van der Waals surface area (Å²) in [6, 6.07) is 5.15. The van der Waals surface area contributed by atoms with Crippen molar-refractivity contribution in [3.05, 3.63) is 60.3 Å². The molecule has 3 aliphatic rings. The molecule has 3 atom stereocenters. The van der Waals surface area contributed by atoms with Gasteiger partial charge in [0.1, 0.15) is 41.4 Å². The molecule has 272 valence electrons. The minimum Gasteiger partial charge on any atom is -0.508 e. The zero-order chi connectivity index (χ0) is 36.6. The van der Waals surface area contributed by atoms with Gasteiger partial charge >= 0.3 is 6.01 Å². The molecule has 0 spiro atoms. The molecule has 3 saturated heterocycles. The van der Waals surface area contributed by atoms with Gasteiger partial charge in [-0.3, -0.25) is 14.7 Å². The van der Waals surface area contributed by atoms with Gasteiger partial charge in [0.15, 0.2) is 5.82 Å². The van der Waals surface area contributed by atoms with Crippen LogP contribution >= 0.6 is 0 Å². The summed E-state index contributed by atoms with van der Waals surface area (Å²) in [5.41, 5.74) is -1.00. The van der Waals surface area contributed by atoms with Crippen molar-refractivity contribution < 1.29 is 32.5 Å². The number of nitrogens with zero attached hydrogens (tertiary/aromatic N) is 5. The average Bonchev–Trinajstić information content (AvgIpc) is 3.27. The van der Waals surface area contributed by atoms with Crippen LogP contribution in [0.1, 0.15) is 51.0 Å². The van der Waals surface area contributed by atoms with Crippen molar-refractivity contribution in [2.24, 2.45) is 0 Å². The number of carbonyl (C=O) groups excluding carboxylic acids is 1. The highest BCUT2D eigenvalue weighted by Gasteiger charge is 2.46. The summed E-state index contributed by atoms with van der Waals surface area (Å²) in [5.74, 6) is 0.705. The van der Waals surface area contributed by atoms with Gasteiger partial charge in [-0.2, -0.15) is 9.97 Å². The molecule has 52 heavy (non-hydrogen) atoms. The number of likely N-dealkylation sites (tertiary alicyclic amines) is 1. The van der Waals surface area contributed by atoms with Gasteiger partial charge in [-0.25, -0.2) is 13.2 Å². The number of pyridine rings is 1. The Kier molecular flexibility index (Phi) is 9.96. The zero-order valence-electron chi connectivity index (χ0n) is 29.0. The molecule has 0 aliphatic carbocycles. The number of aromatic hydroxyl groups is 1. The molecular formula is C39H41F3N6O4. The number of amides is 1. The molecule has 2 aromatic heterocycles. The van der Waals surface area contributed by atoms with Crippen LogP contribution in [0.5, 0.6) is 11.8 Å². The molecule has 3 aliphatic heterocycles. The number of terminal acetylenes is 1. The van der Waals surface area contributed by atoms with Crippen LogP contribution in [0.2, 0.25) is 0 Å². The maximum absolute atomic E-state index is 17.0. The smallest absolute Gasteiger partial charge is 0.319 e. The van der Waals surface area contributed by atoms with E-state index in [1.807, 2.05) is 11.8 Å². The Morgan fingerprint density at radius 2 is 2.02 bits per heavy atom. The number of benzene rings is 2. The lowest BCUT2D eigenvalue weighted by Crippen LogP contribution is -2.52. The van der Waals surface area contributed by atoms with E-state index >= 15 is 8.78 Å². The highest BCUT2D eigenvalue weighted by molar-refractivity contribution is 6.03. The van der Waals surface area contributed by atoms with Gasteiger partial charge in [-0.15, -0.1) is 6.42 Å². The minimum atomic E-state index is -1.04. The molecule has 4 aromatic rings. The Labute approximate surface area is 300 Å². The Hall–Kier alpha value is -4.93. The van der Waals surface area contributed by atoms with E-state index in [-0.39, 0.29) is 82.4 Å². The van der Waals surface area contributed by atoms with Crippen LogP contribution in [-0.2, 0) is 9.53 Å². The number of phenols is 1. The fraction of sp³-hybridized carbons (Fsp3) is 0.436. The second kappa shape index (κ2) is 14.6. The molecule has 0 bridgehead atoms. The molecule has 1 unspecified atom stereocenters. The second-order valence-corrected chi connectivity index (χ2v) is 14.1. The molecule has 10 nitrogen and oxygen atoms in total. The largest absolute Gasteiger partial charge is 0.508 e. The van der Waals surface area contributed by atoms with E-state index < -0.39 is 23.3 Å². The number of phenolic OH excluding ortho intramolecular Hbond substituents is 1. The summed E-state index contributed by atoms with van der Waals surface area (Å²) >= 11 is 0. The Bertz CT molecular complexity index is 2070. The van der Waals surface area contributed by atoms with Gasteiger partial charge in [0.05, 0.1) is 16.5 Å². The SMILES string of the molecule is C#Cc1c(F)ccc2cc(O)cc(-c3ncc4c(N5CCCCC(NC(=O)C=C)C5)nc(OC[C@]5(C)C[C@@H](F)CN5C5CCOCC5)nc4c3F)c12. The molecule has 0 saturated carbocycles. The van der Waals surface area contributed by atoms with E-state index in [1.165, 1.54) is 36.5 Å². The Morgan fingerprint density at radius 1 is 1.21 bits per heavy atom. The fourth-order valence-corrected chi connectivity index (χ4v) is 8.02. The third-order valence-electron chi connectivity index (χ3n) is 10.5. The lowest BCUT2D eigenvalue weighted by Gasteiger charge is -2.41. The van der Waals surface area contributed by atoms with Crippen molar-refractivity contribution in [3.63, 3.8) is 0 Å². The molecule has 3 fully saturated rings. The third kappa shape index (κ3) is 6.85. The number of hydrogen-bond acceptors (Lipinski definition) is 9. The van der Waals surface area contributed by atoms with Gasteiger partial charge in [-0.1, -0.05) is 18.6 Å². The van der Waals surface area contributed by atoms with Gasteiger partial charge in [-0.05, 0) is 68.7 Å². The number of fused-ring (bicyclic) bond motifs is 2. The number of alkyl halides is 1. The molecule has 0 radical (unpaired) electrons. The van der Waals surface area contributed by atoms with Crippen LogP contribution in [0.4, 0.5) is 19.0 Å². The molecular weight excluding hydrogens is 673 g/mol. The van der Waals surface area contributed by atoms with Crippen molar-refractivity contribution in [1.82, 2.24) is 25.2 Å². The third-order valence-corrected chi connectivity index (χ3v) is 10.5. The van der Waals surface area contributed by atoms with Crippen LogP contribution in [0.15, 0.2) is 43.1 Å². The Morgan fingerprint density at radius 3 is 2.79 bits per heavy atom. The summed E-state index contributed by atoms with van der Waals surface area (Å²) in [4.78, 5) is 30.2. The highest BCUT2D eigenvalue weighted by atomic mass is 19.1. The number of halogens is 3. The number of anilines is 1. The van der Waals surface area contributed by atoms with E-state index in [2.05, 4.69) is 32.7 Å². The predicted molar refractivity (Wildman–Crippen MR) is 192 cm³/mol. The maximum atomic E-state index is 17.0. The molecule has 13 heteroatoms. The van der Waals surface area contributed by atoms with Crippen LogP contribution < -0.4 is 15.0 Å². The first-order chi connectivity index (χ1) is 25.1. The molecule has 2 N–H and O–H groups in total. The van der Waals surface area contributed by atoms with Crippen LogP contribution in [0.25, 0.3) is 32.9 Å². The first-order valence-electron chi connectivity index (χ1n) is 17.7. The van der Waals surface area contributed by atoms with E-state index in [9.17, 15) is 14.3 Å². The van der Waals surface area contributed by atoms with Crippen molar-refractivity contribution in [3.8, 4) is 35.4 Å². The van der Waals surface area contributed by atoms with E-state index in [4.69, 9.17) is 20.9 Å². The van der Waals surface area contributed by atoms with Crippen molar-refractivity contribution in [1.29, 1.82) is 0 Å². The average molecular weight is 715 g/mol.